The first-order valence-electron chi connectivity index (χ1n) is 6.00. The van der Waals surface area contributed by atoms with Crippen molar-refractivity contribution >= 4 is 11.4 Å². The van der Waals surface area contributed by atoms with Crippen molar-refractivity contribution in [3.63, 3.8) is 0 Å². The zero-order valence-corrected chi connectivity index (χ0v) is 11.1. The fourth-order valence-electron chi connectivity index (χ4n) is 1.97. The third kappa shape index (κ3) is 2.96. The Morgan fingerprint density at radius 1 is 1.21 bits per heavy atom. The minimum atomic E-state index is -0.350. The van der Waals surface area contributed by atoms with Gasteiger partial charge in [-0.2, -0.15) is 0 Å². The number of nitrogens with zero attached hydrogens (tertiary/aromatic N) is 1. The van der Waals surface area contributed by atoms with Gasteiger partial charge in [0.25, 0.3) is 0 Å². The molecule has 100 valence electrons. The van der Waals surface area contributed by atoms with Gasteiger partial charge in [0.2, 0.25) is 0 Å². The van der Waals surface area contributed by atoms with Crippen LogP contribution < -0.4 is 15.4 Å². The maximum atomic E-state index is 13.9. The Hall–Kier alpha value is -2.23. The van der Waals surface area contributed by atoms with Gasteiger partial charge in [0, 0.05) is 25.7 Å². The van der Waals surface area contributed by atoms with E-state index in [1.807, 2.05) is 42.3 Å². The Morgan fingerprint density at radius 3 is 2.53 bits per heavy atom. The summed E-state index contributed by atoms with van der Waals surface area (Å²) in [5, 5.41) is 0. The highest BCUT2D eigenvalue weighted by Gasteiger charge is 2.12. The summed E-state index contributed by atoms with van der Waals surface area (Å²) >= 11 is 0. The van der Waals surface area contributed by atoms with Crippen molar-refractivity contribution in [3.8, 4) is 5.75 Å². The van der Waals surface area contributed by atoms with Gasteiger partial charge < -0.3 is 15.4 Å². The Bertz CT molecular complexity index is 558. The summed E-state index contributed by atoms with van der Waals surface area (Å²) < 4.78 is 19.1. The summed E-state index contributed by atoms with van der Waals surface area (Å²) in [5.74, 6) is 0.132. The summed E-state index contributed by atoms with van der Waals surface area (Å²) in [7, 11) is 3.35. The number of rotatable bonds is 4. The van der Waals surface area contributed by atoms with Gasteiger partial charge in [0.05, 0.1) is 18.5 Å². The van der Waals surface area contributed by atoms with Gasteiger partial charge in [-0.25, -0.2) is 4.39 Å². The van der Waals surface area contributed by atoms with Crippen molar-refractivity contribution < 1.29 is 9.13 Å². The van der Waals surface area contributed by atoms with Gasteiger partial charge >= 0.3 is 0 Å². The molecule has 0 heterocycles. The Labute approximate surface area is 112 Å². The minimum Gasteiger partial charge on any atom is -0.495 e. The summed E-state index contributed by atoms with van der Waals surface area (Å²) in [4.78, 5) is 1.83. The fraction of sp³-hybridized carbons (Fsp3) is 0.200. The molecule has 0 saturated heterocycles. The number of hydrogen-bond acceptors (Lipinski definition) is 3. The Kier molecular flexibility index (Phi) is 3.90. The van der Waals surface area contributed by atoms with Crippen LogP contribution in [0.5, 0.6) is 5.75 Å². The second-order valence-electron chi connectivity index (χ2n) is 4.39. The van der Waals surface area contributed by atoms with Crippen molar-refractivity contribution in [2.24, 2.45) is 0 Å². The number of nitrogen functional groups attached to an aromatic ring is 1. The summed E-state index contributed by atoms with van der Waals surface area (Å²) in [5.41, 5.74) is 7.55. The molecule has 0 unspecified atom stereocenters. The lowest BCUT2D eigenvalue weighted by molar-refractivity contribution is 0.416. The summed E-state index contributed by atoms with van der Waals surface area (Å²) in [6.45, 7) is 0.616. The SMILES string of the molecule is COc1cc(N(C)Cc2ccccc2)c(F)cc1N. The predicted molar refractivity (Wildman–Crippen MR) is 75.9 cm³/mol. The van der Waals surface area contributed by atoms with E-state index in [9.17, 15) is 4.39 Å². The fourth-order valence-corrected chi connectivity index (χ4v) is 1.97. The molecule has 2 N–H and O–H groups in total. The Morgan fingerprint density at radius 2 is 1.89 bits per heavy atom. The molecule has 0 aromatic heterocycles. The zero-order valence-electron chi connectivity index (χ0n) is 11.1. The molecule has 2 aromatic rings. The van der Waals surface area contributed by atoms with Crippen LogP contribution in [0, 0.1) is 5.82 Å². The maximum Gasteiger partial charge on any atom is 0.148 e. The van der Waals surface area contributed by atoms with E-state index in [2.05, 4.69) is 0 Å². The minimum absolute atomic E-state index is 0.303. The van der Waals surface area contributed by atoms with Gasteiger partial charge in [-0.1, -0.05) is 30.3 Å². The molecule has 0 atom stereocenters. The molecule has 19 heavy (non-hydrogen) atoms. The highest BCUT2D eigenvalue weighted by molar-refractivity contribution is 5.63. The van der Waals surface area contributed by atoms with Crippen molar-refractivity contribution in [1.82, 2.24) is 0 Å². The van der Waals surface area contributed by atoms with Gasteiger partial charge in [0.15, 0.2) is 0 Å². The van der Waals surface area contributed by atoms with E-state index in [0.29, 0.717) is 23.7 Å². The monoisotopic (exact) mass is 260 g/mol. The third-order valence-electron chi connectivity index (χ3n) is 2.97. The molecule has 0 bridgehead atoms. The number of anilines is 2. The van der Waals surface area contributed by atoms with Crippen LogP contribution in [-0.2, 0) is 6.54 Å². The average molecular weight is 260 g/mol. The van der Waals surface area contributed by atoms with Crippen LogP contribution in [0.2, 0.25) is 0 Å². The van der Waals surface area contributed by atoms with Crippen LogP contribution in [0.4, 0.5) is 15.8 Å². The standard InChI is InChI=1S/C15H17FN2O/c1-18(10-11-6-4-3-5-7-11)14-9-15(19-2)13(17)8-12(14)16/h3-9H,10,17H2,1-2H3. The first-order chi connectivity index (χ1) is 9.11. The van der Waals surface area contributed by atoms with Gasteiger partial charge in [-0.15, -0.1) is 0 Å². The lowest BCUT2D eigenvalue weighted by Crippen LogP contribution is -2.18. The number of ether oxygens (including phenoxy) is 1. The van der Waals surface area contributed by atoms with Crippen LogP contribution >= 0.6 is 0 Å². The first kappa shape index (κ1) is 13.2. The van der Waals surface area contributed by atoms with Crippen molar-refractivity contribution in [3.05, 3.63) is 53.8 Å². The highest BCUT2D eigenvalue weighted by Crippen LogP contribution is 2.30. The molecule has 0 spiro atoms. The zero-order chi connectivity index (χ0) is 13.8. The van der Waals surface area contributed by atoms with Crippen molar-refractivity contribution in [1.29, 1.82) is 0 Å². The van der Waals surface area contributed by atoms with E-state index in [1.165, 1.54) is 13.2 Å². The number of halogens is 1. The second-order valence-corrected chi connectivity index (χ2v) is 4.39. The first-order valence-corrected chi connectivity index (χ1v) is 6.00. The van der Waals surface area contributed by atoms with Crippen LogP contribution in [0.15, 0.2) is 42.5 Å². The molecule has 0 aliphatic heterocycles. The molecular weight excluding hydrogens is 243 g/mol. The average Bonchev–Trinajstić information content (AvgIpc) is 2.40. The van der Waals surface area contributed by atoms with E-state index in [-0.39, 0.29) is 5.82 Å². The van der Waals surface area contributed by atoms with Gasteiger partial charge in [-0.3, -0.25) is 0 Å². The molecule has 0 fully saturated rings. The number of methoxy groups -OCH3 is 1. The topological polar surface area (TPSA) is 38.5 Å². The predicted octanol–water partition coefficient (Wildman–Crippen LogP) is 3.05. The molecule has 0 amide bonds. The van der Waals surface area contributed by atoms with Crippen LogP contribution in [0.3, 0.4) is 0 Å². The molecule has 2 aromatic carbocycles. The van der Waals surface area contributed by atoms with E-state index in [1.54, 1.807) is 6.07 Å². The quantitative estimate of drug-likeness (QED) is 0.859. The summed E-state index contributed by atoms with van der Waals surface area (Å²) in [6, 6.07) is 12.8. The molecular formula is C15H17FN2O. The third-order valence-corrected chi connectivity index (χ3v) is 2.97. The van der Waals surface area contributed by atoms with Crippen LogP contribution in [0.1, 0.15) is 5.56 Å². The maximum absolute atomic E-state index is 13.9. The number of nitrogens with two attached hydrogens (primary N) is 1. The van der Waals surface area contributed by atoms with Crippen LogP contribution in [0.25, 0.3) is 0 Å². The molecule has 0 aliphatic rings. The molecule has 4 heteroatoms. The lowest BCUT2D eigenvalue weighted by Gasteiger charge is -2.21. The lowest BCUT2D eigenvalue weighted by atomic mass is 10.2. The van der Waals surface area contributed by atoms with Crippen molar-refractivity contribution in [2.75, 3.05) is 24.8 Å². The van der Waals surface area contributed by atoms with E-state index in [4.69, 9.17) is 10.5 Å². The number of benzene rings is 2. The highest BCUT2D eigenvalue weighted by atomic mass is 19.1. The molecule has 0 saturated carbocycles. The largest absolute Gasteiger partial charge is 0.495 e. The van der Waals surface area contributed by atoms with Gasteiger partial charge in [0.1, 0.15) is 11.6 Å². The second kappa shape index (κ2) is 5.61. The van der Waals surface area contributed by atoms with Gasteiger partial charge in [-0.05, 0) is 5.56 Å². The molecule has 3 nitrogen and oxygen atoms in total. The molecule has 0 radical (unpaired) electrons. The van der Waals surface area contributed by atoms with E-state index in [0.717, 1.165) is 5.56 Å². The molecule has 2 rings (SSSR count). The summed E-state index contributed by atoms with van der Waals surface area (Å²) in [6.07, 6.45) is 0. The van der Waals surface area contributed by atoms with Crippen molar-refractivity contribution in [2.45, 2.75) is 6.54 Å². The molecule has 0 aliphatic carbocycles. The van der Waals surface area contributed by atoms with Crippen LogP contribution in [-0.4, -0.2) is 14.2 Å². The Balaban J connectivity index is 2.26. The number of hydrogen-bond donors (Lipinski definition) is 1. The van der Waals surface area contributed by atoms with E-state index < -0.39 is 0 Å². The van der Waals surface area contributed by atoms with E-state index >= 15 is 0 Å². The smallest absolute Gasteiger partial charge is 0.148 e. The normalized spacial score (nSPS) is 10.3.